The number of carbonyl (C=O) groups is 2. The average Bonchev–Trinajstić information content (AvgIpc) is 2.64. The number of amides is 3. The van der Waals surface area contributed by atoms with Crippen LogP contribution in [-0.4, -0.2) is 17.7 Å². The third-order valence-corrected chi connectivity index (χ3v) is 4.13. The predicted molar refractivity (Wildman–Crippen MR) is 116 cm³/mol. The van der Waals surface area contributed by atoms with Crippen molar-refractivity contribution < 1.29 is 14.3 Å². The number of benzene rings is 2. The topological polar surface area (TPSA) is 79.5 Å². The molecule has 0 aliphatic carbocycles. The number of nitrogens with one attached hydrogen (secondary N) is 3. The predicted octanol–water partition coefficient (Wildman–Crippen LogP) is 5.23. The van der Waals surface area contributed by atoms with Gasteiger partial charge in [0.15, 0.2) is 0 Å². The smallest absolute Gasteiger partial charge is 0.407 e. The van der Waals surface area contributed by atoms with Gasteiger partial charge in [-0.25, -0.2) is 9.59 Å². The van der Waals surface area contributed by atoms with E-state index < -0.39 is 11.7 Å². The lowest BCUT2D eigenvalue weighted by Gasteiger charge is -2.23. The first-order valence-corrected chi connectivity index (χ1v) is 9.82. The number of urea groups is 1. The van der Waals surface area contributed by atoms with Crippen molar-refractivity contribution in [2.45, 2.75) is 52.8 Å². The maximum Gasteiger partial charge on any atom is 0.407 e. The van der Waals surface area contributed by atoms with Crippen molar-refractivity contribution in [2.75, 3.05) is 5.32 Å². The van der Waals surface area contributed by atoms with Gasteiger partial charge in [0.2, 0.25) is 0 Å². The second kappa shape index (κ2) is 9.96. The maximum absolute atomic E-state index is 12.5. The van der Waals surface area contributed by atoms with Crippen LogP contribution in [0.15, 0.2) is 54.6 Å². The Hall–Kier alpha value is -3.02. The minimum Gasteiger partial charge on any atom is -0.444 e. The van der Waals surface area contributed by atoms with E-state index in [1.165, 1.54) is 0 Å². The van der Waals surface area contributed by atoms with Gasteiger partial charge in [0.25, 0.3) is 0 Å². The number of carbonyl (C=O) groups excluding carboxylic acids is 2. The fraction of sp³-hybridized carbons (Fsp3) is 0.391. The van der Waals surface area contributed by atoms with Crippen LogP contribution in [0.5, 0.6) is 0 Å². The van der Waals surface area contributed by atoms with Crippen molar-refractivity contribution in [3.63, 3.8) is 0 Å². The summed E-state index contributed by atoms with van der Waals surface area (Å²) in [6.07, 6.45) is -0.476. The van der Waals surface area contributed by atoms with Crippen LogP contribution in [0.25, 0.3) is 0 Å². The largest absolute Gasteiger partial charge is 0.444 e. The monoisotopic (exact) mass is 397 g/mol. The number of ether oxygens (including phenoxy) is 1. The molecule has 6 nitrogen and oxygen atoms in total. The van der Waals surface area contributed by atoms with Gasteiger partial charge in [0.1, 0.15) is 5.60 Å². The van der Waals surface area contributed by atoms with E-state index in [0.717, 1.165) is 11.1 Å². The Balaban J connectivity index is 1.95. The highest BCUT2D eigenvalue weighted by Gasteiger charge is 2.18. The third-order valence-electron chi connectivity index (χ3n) is 4.13. The second-order valence-electron chi connectivity index (χ2n) is 8.29. The van der Waals surface area contributed by atoms with E-state index in [2.05, 4.69) is 29.8 Å². The van der Waals surface area contributed by atoms with E-state index in [1.807, 2.05) is 75.4 Å². The lowest BCUT2D eigenvalue weighted by molar-refractivity contribution is 0.0523. The van der Waals surface area contributed by atoms with Gasteiger partial charge in [0.05, 0.1) is 6.04 Å². The van der Waals surface area contributed by atoms with Crippen molar-refractivity contribution in [1.29, 1.82) is 0 Å². The van der Waals surface area contributed by atoms with Crippen LogP contribution in [0, 0.1) is 5.92 Å². The zero-order valence-electron chi connectivity index (χ0n) is 17.8. The summed E-state index contributed by atoms with van der Waals surface area (Å²) in [5, 5.41) is 8.62. The fourth-order valence-corrected chi connectivity index (χ4v) is 2.85. The summed E-state index contributed by atoms with van der Waals surface area (Å²) in [5.74, 6) is 0.243. The van der Waals surface area contributed by atoms with Crippen LogP contribution in [0.3, 0.4) is 0 Å². The molecule has 0 aromatic heterocycles. The number of hydrogen-bond acceptors (Lipinski definition) is 3. The van der Waals surface area contributed by atoms with Crippen LogP contribution in [0.1, 0.15) is 51.8 Å². The molecular formula is C23H31N3O3. The molecule has 0 aliphatic heterocycles. The molecule has 1 unspecified atom stereocenters. The molecule has 3 amide bonds. The van der Waals surface area contributed by atoms with Crippen LogP contribution in [0.4, 0.5) is 15.3 Å². The Morgan fingerprint density at radius 3 is 2.31 bits per heavy atom. The molecular weight excluding hydrogens is 366 g/mol. The van der Waals surface area contributed by atoms with Gasteiger partial charge in [-0.1, -0.05) is 56.3 Å². The Bertz CT molecular complexity index is 814. The summed E-state index contributed by atoms with van der Waals surface area (Å²) < 4.78 is 5.23. The van der Waals surface area contributed by atoms with Crippen LogP contribution in [-0.2, 0) is 11.3 Å². The molecule has 0 saturated heterocycles. The molecule has 156 valence electrons. The van der Waals surface area contributed by atoms with Gasteiger partial charge in [-0.2, -0.15) is 0 Å². The SMILES string of the molecule is CC(C)C(NC(=O)Nc1cccc(CNC(=O)OC(C)(C)C)c1)c1ccccc1. The molecule has 3 N–H and O–H groups in total. The highest BCUT2D eigenvalue weighted by Crippen LogP contribution is 2.21. The molecule has 0 aliphatic rings. The first kappa shape index (κ1) is 22.3. The van der Waals surface area contributed by atoms with Crippen molar-refractivity contribution in [1.82, 2.24) is 10.6 Å². The van der Waals surface area contributed by atoms with Crippen molar-refractivity contribution in [3.8, 4) is 0 Å². The molecule has 1 atom stereocenters. The molecule has 2 aromatic rings. The Morgan fingerprint density at radius 1 is 1.00 bits per heavy atom. The standard InChI is InChI=1S/C23H31N3O3/c1-16(2)20(18-11-7-6-8-12-18)26-21(27)25-19-13-9-10-17(14-19)15-24-22(28)29-23(3,4)5/h6-14,16,20H,15H2,1-5H3,(H,24,28)(H2,25,26,27). The van der Waals surface area contributed by atoms with E-state index >= 15 is 0 Å². The average molecular weight is 398 g/mol. The summed E-state index contributed by atoms with van der Waals surface area (Å²) >= 11 is 0. The molecule has 0 bridgehead atoms. The number of rotatable bonds is 6. The molecule has 0 saturated carbocycles. The lowest BCUT2D eigenvalue weighted by Crippen LogP contribution is -2.35. The molecule has 0 spiro atoms. The van der Waals surface area contributed by atoms with Gasteiger partial charge >= 0.3 is 12.1 Å². The van der Waals surface area contributed by atoms with E-state index in [1.54, 1.807) is 0 Å². The number of hydrogen-bond donors (Lipinski definition) is 3. The van der Waals surface area contributed by atoms with Gasteiger partial charge in [0, 0.05) is 12.2 Å². The number of anilines is 1. The Morgan fingerprint density at radius 2 is 1.69 bits per heavy atom. The molecule has 6 heteroatoms. The Kier molecular flexibility index (Phi) is 7.65. The van der Waals surface area contributed by atoms with Crippen molar-refractivity contribution >= 4 is 17.8 Å². The van der Waals surface area contributed by atoms with E-state index in [4.69, 9.17) is 4.74 Å². The third kappa shape index (κ3) is 7.86. The van der Waals surface area contributed by atoms with Crippen LogP contribution < -0.4 is 16.0 Å². The second-order valence-corrected chi connectivity index (χ2v) is 8.29. The van der Waals surface area contributed by atoms with Gasteiger partial charge in [-0.05, 0) is 49.9 Å². The van der Waals surface area contributed by atoms with Gasteiger partial charge < -0.3 is 20.7 Å². The lowest BCUT2D eigenvalue weighted by atomic mass is 9.96. The quantitative estimate of drug-likeness (QED) is 0.624. The van der Waals surface area contributed by atoms with E-state index in [-0.39, 0.29) is 18.0 Å². The summed E-state index contributed by atoms with van der Waals surface area (Å²) in [6, 6.07) is 16.9. The molecule has 0 heterocycles. The minimum absolute atomic E-state index is 0.0896. The zero-order valence-corrected chi connectivity index (χ0v) is 17.8. The van der Waals surface area contributed by atoms with Crippen molar-refractivity contribution in [3.05, 3.63) is 65.7 Å². The zero-order chi connectivity index (χ0) is 21.4. The van der Waals surface area contributed by atoms with E-state index in [0.29, 0.717) is 12.2 Å². The molecule has 0 radical (unpaired) electrons. The van der Waals surface area contributed by atoms with Crippen molar-refractivity contribution in [2.24, 2.45) is 5.92 Å². The number of alkyl carbamates (subject to hydrolysis) is 1. The van der Waals surface area contributed by atoms with Crippen LogP contribution in [0.2, 0.25) is 0 Å². The molecule has 2 rings (SSSR count). The normalized spacial score (nSPS) is 12.2. The summed E-state index contributed by atoms with van der Waals surface area (Å²) in [4.78, 5) is 24.3. The van der Waals surface area contributed by atoms with Gasteiger partial charge in [-0.15, -0.1) is 0 Å². The first-order valence-electron chi connectivity index (χ1n) is 9.82. The van der Waals surface area contributed by atoms with Gasteiger partial charge in [-0.3, -0.25) is 0 Å². The summed E-state index contributed by atoms with van der Waals surface area (Å²) in [5.41, 5.74) is 2.03. The van der Waals surface area contributed by atoms with Crippen LogP contribution >= 0.6 is 0 Å². The summed E-state index contributed by atoms with van der Waals surface area (Å²) in [6.45, 7) is 9.90. The van der Waals surface area contributed by atoms with E-state index in [9.17, 15) is 9.59 Å². The first-order chi connectivity index (χ1) is 13.6. The highest BCUT2D eigenvalue weighted by atomic mass is 16.6. The highest BCUT2D eigenvalue weighted by molar-refractivity contribution is 5.89. The fourth-order valence-electron chi connectivity index (χ4n) is 2.85. The molecule has 29 heavy (non-hydrogen) atoms. The Labute approximate surface area is 173 Å². The molecule has 2 aromatic carbocycles. The minimum atomic E-state index is -0.544. The maximum atomic E-state index is 12.5. The molecule has 0 fully saturated rings. The summed E-state index contributed by atoms with van der Waals surface area (Å²) in [7, 11) is 0.